The van der Waals surface area contributed by atoms with Gasteiger partial charge >= 0.3 is 11.9 Å². The molecule has 10 heteroatoms. The van der Waals surface area contributed by atoms with Crippen molar-refractivity contribution in [1.82, 2.24) is 0 Å². The van der Waals surface area contributed by atoms with E-state index in [4.69, 9.17) is 9.47 Å². The van der Waals surface area contributed by atoms with Gasteiger partial charge in [-0.2, -0.15) is 0 Å². The Kier molecular flexibility index (Phi) is 6.86. The molecule has 0 bridgehead atoms. The van der Waals surface area contributed by atoms with Crippen molar-refractivity contribution in [2.45, 2.75) is 70.0 Å². The van der Waals surface area contributed by atoms with E-state index in [-0.39, 0.29) is 0 Å². The Hall–Kier alpha value is 1.30. The van der Waals surface area contributed by atoms with Crippen molar-refractivity contribution in [1.29, 1.82) is 0 Å². The van der Waals surface area contributed by atoms with Crippen molar-refractivity contribution in [3.63, 3.8) is 0 Å². The van der Waals surface area contributed by atoms with Crippen LogP contribution in [0.25, 0.3) is 0 Å². The zero-order valence-corrected chi connectivity index (χ0v) is 24.7. The largest absolute Gasteiger partial charge is 0.443 e. The zero-order chi connectivity index (χ0) is 21.1. The van der Waals surface area contributed by atoms with Gasteiger partial charge in [-0.25, -0.2) is 9.59 Å². The molecule has 2 atom stereocenters. The summed E-state index contributed by atoms with van der Waals surface area (Å²) < 4.78 is 11.2. The fraction of sp³-hybridized carbons (Fsp3) is 0.667. The van der Waals surface area contributed by atoms with Crippen LogP contribution in [0, 0.1) is 0 Å². The maximum atomic E-state index is 12.8. The molecular formula is C18H18Br6O4. The van der Waals surface area contributed by atoms with Crippen LogP contribution >= 0.6 is 95.6 Å². The first-order valence-electron chi connectivity index (χ1n) is 8.98. The highest BCUT2D eigenvalue weighted by atomic mass is 79.9. The molecule has 4 nitrogen and oxygen atoms in total. The van der Waals surface area contributed by atoms with Crippen LogP contribution in [0.15, 0.2) is 20.1 Å². The highest BCUT2D eigenvalue weighted by Crippen LogP contribution is 2.82. The number of rotatable bonds is 6. The standard InChI is InChI=1S/C18H18Br6O4/c1-3-5-7-9-11(19)15(27-13(9)25)16(18(23,24)17(15,21)22)12(20)10(8-6-4-2)14(26)28-16/h3-8H2,1-2H3/t15-,16+. The SMILES string of the molecule is CCCCC1=C(Br)[C@@]2(OC1=O)C(Br)(Br)C(Br)(Br)[C@]21OC(=O)C(CCCC)=C1Br. The Bertz CT molecular complexity index is 736. The van der Waals surface area contributed by atoms with E-state index in [1.54, 1.807) is 0 Å². The number of alkyl halides is 4. The second-order valence-corrected chi connectivity index (χ2v) is 15.6. The molecule has 1 aliphatic carbocycles. The number of ether oxygens (including phenoxy) is 2. The van der Waals surface area contributed by atoms with Gasteiger partial charge in [0.05, 0.1) is 20.1 Å². The van der Waals surface area contributed by atoms with Gasteiger partial charge in [0.15, 0.2) is 6.47 Å². The maximum absolute atomic E-state index is 12.8. The molecule has 2 spiro atoms. The monoisotopic (exact) mass is 772 g/mol. The van der Waals surface area contributed by atoms with Crippen LogP contribution in [-0.2, 0) is 19.1 Å². The average Bonchev–Trinajstić information content (AvgIpc) is 3.04. The van der Waals surface area contributed by atoms with Gasteiger partial charge in [0, 0.05) is 0 Å². The summed E-state index contributed by atoms with van der Waals surface area (Å²) in [5.41, 5.74) is -1.48. The van der Waals surface area contributed by atoms with Gasteiger partial charge in [-0.05, 0) is 25.7 Å². The van der Waals surface area contributed by atoms with Gasteiger partial charge in [0.2, 0.25) is 11.2 Å². The molecule has 2 heterocycles. The maximum Gasteiger partial charge on any atom is 0.336 e. The van der Waals surface area contributed by atoms with E-state index in [9.17, 15) is 9.59 Å². The van der Waals surface area contributed by atoms with E-state index in [0.717, 1.165) is 25.7 Å². The van der Waals surface area contributed by atoms with E-state index >= 15 is 0 Å². The van der Waals surface area contributed by atoms with Gasteiger partial charge in [0.1, 0.15) is 0 Å². The molecular weight excluding hydrogens is 760 g/mol. The molecule has 156 valence electrons. The summed E-state index contributed by atoms with van der Waals surface area (Å²) in [5.74, 6) is -0.811. The van der Waals surface area contributed by atoms with Crippen molar-refractivity contribution in [2.75, 3.05) is 0 Å². The molecule has 1 saturated carbocycles. The van der Waals surface area contributed by atoms with Crippen LogP contribution in [0.1, 0.15) is 52.4 Å². The topological polar surface area (TPSA) is 52.6 Å². The molecule has 0 unspecified atom stereocenters. The van der Waals surface area contributed by atoms with Gasteiger partial charge in [-0.15, -0.1) is 0 Å². The predicted molar refractivity (Wildman–Crippen MR) is 130 cm³/mol. The van der Waals surface area contributed by atoms with E-state index < -0.39 is 29.6 Å². The Morgan fingerprint density at radius 1 is 0.714 bits per heavy atom. The van der Waals surface area contributed by atoms with Crippen LogP contribution in [0.5, 0.6) is 0 Å². The van der Waals surface area contributed by atoms with E-state index in [1.165, 1.54) is 0 Å². The summed E-state index contributed by atoms with van der Waals surface area (Å²) in [5, 5.41) is 0. The van der Waals surface area contributed by atoms with E-state index in [0.29, 0.717) is 33.0 Å². The van der Waals surface area contributed by atoms with Crippen LogP contribution in [0.2, 0.25) is 0 Å². The molecule has 0 aromatic carbocycles. The first-order chi connectivity index (χ1) is 13.0. The second kappa shape index (κ2) is 8.01. The molecule has 0 N–H and O–H groups in total. The number of carbonyl (C=O) groups excluding carboxylic acids is 2. The van der Waals surface area contributed by atoms with Gasteiger partial charge in [-0.1, -0.05) is 122 Å². The Morgan fingerprint density at radius 3 is 1.32 bits per heavy atom. The van der Waals surface area contributed by atoms with Gasteiger partial charge in [0.25, 0.3) is 0 Å². The molecule has 3 rings (SSSR count). The predicted octanol–water partition coefficient (Wildman–Crippen LogP) is 7.24. The number of halogens is 6. The third-order valence-electron chi connectivity index (χ3n) is 5.47. The lowest BCUT2D eigenvalue weighted by molar-refractivity contribution is -0.207. The smallest absolute Gasteiger partial charge is 0.336 e. The third-order valence-corrected chi connectivity index (χ3v) is 14.3. The quantitative estimate of drug-likeness (QED) is 0.211. The van der Waals surface area contributed by atoms with Gasteiger partial charge in [-0.3, -0.25) is 0 Å². The van der Waals surface area contributed by atoms with Crippen molar-refractivity contribution in [2.24, 2.45) is 0 Å². The number of hydrogen-bond acceptors (Lipinski definition) is 4. The number of carbonyl (C=O) groups is 2. The number of esters is 2. The molecule has 2 aliphatic heterocycles. The lowest BCUT2D eigenvalue weighted by atomic mass is 9.64. The van der Waals surface area contributed by atoms with E-state index in [1.807, 2.05) is 0 Å². The summed E-state index contributed by atoms with van der Waals surface area (Å²) in [6.07, 6.45) is 4.77. The van der Waals surface area contributed by atoms with E-state index in [2.05, 4.69) is 109 Å². The fourth-order valence-electron chi connectivity index (χ4n) is 3.90. The third kappa shape index (κ3) is 2.72. The minimum absolute atomic E-state index is 0.406. The summed E-state index contributed by atoms with van der Waals surface area (Å²) >= 11 is 22.0. The number of hydrogen-bond donors (Lipinski definition) is 0. The normalized spacial score (nSPS) is 33.0. The summed E-state index contributed by atoms with van der Waals surface area (Å²) in [6, 6.07) is 0. The highest BCUT2D eigenvalue weighted by molar-refractivity contribution is 9.30. The minimum Gasteiger partial charge on any atom is -0.443 e. The van der Waals surface area contributed by atoms with Crippen molar-refractivity contribution in [3.05, 3.63) is 20.1 Å². The first kappa shape index (κ1) is 24.0. The van der Waals surface area contributed by atoms with Crippen LogP contribution in [0.3, 0.4) is 0 Å². The van der Waals surface area contributed by atoms with Crippen LogP contribution < -0.4 is 0 Å². The number of fused-ring (bicyclic) bond motifs is 1. The molecule has 0 aromatic rings. The minimum atomic E-state index is -1.31. The summed E-state index contributed by atoms with van der Waals surface area (Å²) in [6.45, 7) is 4.13. The second-order valence-electron chi connectivity index (χ2n) is 7.08. The first-order valence-corrected chi connectivity index (χ1v) is 13.7. The zero-order valence-electron chi connectivity index (χ0n) is 15.1. The average molecular weight is 778 g/mol. The molecule has 0 radical (unpaired) electrons. The van der Waals surface area contributed by atoms with Crippen molar-refractivity contribution >= 4 is 108 Å². The molecule has 0 aromatic heterocycles. The molecule has 3 aliphatic rings. The molecule has 0 amide bonds. The summed E-state index contributed by atoms with van der Waals surface area (Å²) in [7, 11) is 0. The summed E-state index contributed by atoms with van der Waals surface area (Å²) in [4.78, 5) is 25.7. The molecule has 28 heavy (non-hydrogen) atoms. The number of unbranched alkanes of at least 4 members (excludes halogenated alkanes) is 2. The Balaban J connectivity index is 2.21. The van der Waals surface area contributed by atoms with Crippen molar-refractivity contribution < 1.29 is 19.1 Å². The lowest BCUT2D eigenvalue weighted by Crippen LogP contribution is -2.87. The molecule has 0 saturated heterocycles. The molecule has 1 fully saturated rings. The Labute approximate surface area is 214 Å². The highest BCUT2D eigenvalue weighted by Gasteiger charge is 2.95. The van der Waals surface area contributed by atoms with Gasteiger partial charge < -0.3 is 9.47 Å². The van der Waals surface area contributed by atoms with Crippen molar-refractivity contribution in [3.8, 4) is 0 Å². The van der Waals surface area contributed by atoms with Crippen LogP contribution in [-0.4, -0.2) is 29.6 Å². The lowest BCUT2D eigenvalue weighted by Gasteiger charge is -2.68. The van der Waals surface area contributed by atoms with Crippen LogP contribution in [0.4, 0.5) is 0 Å². The Morgan fingerprint density at radius 2 is 1.04 bits per heavy atom. The fourth-order valence-corrected chi connectivity index (χ4v) is 10.4.